The lowest BCUT2D eigenvalue weighted by molar-refractivity contribution is 0.196. The van der Waals surface area contributed by atoms with Gasteiger partial charge in [-0.25, -0.2) is 0 Å². The molecule has 1 aliphatic heterocycles. The molecule has 2 unspecified atom stereocenters. The van der Waals surface area contributed by atoms with Gasteiger partial charge >= 0.3 is 0 Å². The van der Waals surface area contributed by atoms with E-state index in [2.05, 4.69) is 43.0 Å². The van der Waals surface area contributed by atoms with Gasteiger partial charge in [-0.2, -0.15) is 0 Å². The molecule has 1 aromatic carbocycles. The summed E-state index contributed by atoms with van der Waals surface area (Å²) in [6, 6.07) is 9.58. The Hall–Kier alpha value is -0.860. The second-order valence-corrected chi connectivity index (χ2v) is 4.74. The van der Waals surface area contributed by atoms with Crippen molar-refractivity contribution in [3.05, 3.63) is 35.4 Å². The van der Waals surface area contributed by atoms with Crippen LogP contribution in [0, 0.1) is 0 Å². The monoisotopic (exact) mass is 204 g/mol. The van der Waals surface area contributed by atoms with Crippen LogP contribution in [0.5, 0.6) is 0 Å². The molecule has 0 aliphatic carbocycles. The largest absolute Gasteiger partial charge is 0.328 e. The molecule has 15 heavy (non-hydrogen) atoms. The molecule has 0 radical (unpaired) electrons. The van der Waals surface area contributed by atoms with E-state index in [1.54, 1.807) is 0 Å². The van der Waals surface area contributed by atoms with E-state index in [-0.39, 0.29) is 0 Å². The maximum Gasteiger partial charge on any atom is 0.0243 e. The van der Waals surface area contributed by atoms with Crippen molar-refractivity contribution in [3.8, 4) is 0 Å². The minimum absolute atomic E-state index is 0.295. The van der Waals surface area contributed by atoms with Gasteiger partial charge in [-0.1, -0.05) is 24.3 Å². The molecule has 82 valence electrons. The van der Waals surface area contributed by atoms with E-state index in [4.69, 9.17) is 5.73 Å². The summed E-state index contributed by atoms with van der Waals surface area (Å²) in [6.07, 6.45) is 1.08. The molecule has 0 fully saturated rings. The van der Waals surface area contributed by atoms with Gasteiger partial charge < -0.3 is 5.73 Å². The van der Waals surface area contributed by atoms with Gasteiger partial charge in [0.2, 0.25) is 0 Å². The number of nitrogens with two attached hydrogens (primary N) is 1. The summed E-state index contributed by atoms with van der Waals surface area (Å²) in [5, 5.41) is 0. The Morgan fingerprint density at radius 3 is 2.20 bits per heavy atom. The third-order valence-corrected chi connectivity index (χ3v) is 3.20. The van der Waals surface area contributed by atoms with E-state index < -0.39 is 0 Å². The highest BCUT2D eigenvalue weighted by Gasteiger charge is 2.22. The number of benzene rings is 1. The zero-order chi connectivity index (χ0) is 10.8. The summed E-state index contributed by atoms with van der Waals surface area (Å²) in [6.45, 7) is 6.53. The number of rotatable bonds is 3. The molecular formula is C13H20N2. The summed E-state index contributed by atoms with van der Waals surface area (Å²) >= 11 is 0. The molecule has 0 aromatic heterocycles. The van der Waals surface area contributed by atoms with Crippen LogP contribution in [-0.4, -0.2) is 17.0 Å². The van der Waals surface area contributed by atoms with E-state index in [0.717, 1.165) is 19.5 Å². The van der Waals surface area contributed by atoms with Crippen molar-refractivity contribution in [3.63, 3.8) is 0 Å². The van der Waals surface area contributed by atoms with Crippen molar-refractivity contribution >= 4 is 0 Å². The molecule has 0 saturated carbocycles. The van der Waals surface area contributed by atoms with Gasteiger partial charge in [-0.3, -0.25) is 4.90 Å². The Balaban J connectivity index is 2.00. The summed E-state index contributed by atoms with van der Waals surface area (Å²) in [5.74, 6) is 0. The fourth-order valence-corrected chi connectivity index (χ4v) is 2.36. The van der Waals surface area contributed by atoms with Crippen LogP contribution in [0.1, 0.15) is 31.4 Å². The Bertz CT molecular complexity index is 308. The van der Waals surface area contributed by atoms with Crippen molar-refractivity contribution in [2.75, 3.05) is 0 Å². The molecular weight excluding hydrogens is 184 g/mol. The average molecular weight is 204 g/mol. The van der Waals surface area contributed by atoms with Crippen LogP contribution in [0.15, 0.2) is 24.3 Å². The Labute approximate surface area is 92.1 Å². The number of nitrogens with zero attached hydrogens (tertiary/aromatic N) is 1. The van der Waals surface area contributed by atoms with E-state index in [0.29, 0.717) is 12.1 Å². The highest BCUT2D eigenvalue weighted by Crippen LogP contribution is 2.25. The topological polar surface area (TPSA) is 29.3 Å². The second kappa shape index (κ2) is 4.33. The molecule has 1 aliphatic rings. The smallest absolute Gasteiger partial charge is 0.0243 e. The molecule has 2 heteroatoms. The lowest BCUT2D eigenvalue weighted by atomic mass is 10.1. The molecule has 1 heterocycles. The maximum atomic E-state index is 5.84. The standard InChI is InChI=1S/C13H20N2/c1-10(14)7-11(2)15-8-12-5-3-4-6-13(12)9-15/h3-6,10-11H,7-9,14H2,1-2H3. The summed E-state index contributed by atoms with van der Waals surface area (Å²) in [7, 11) is 0. The Morgan fingerprint density at radius 2 is 1.73 bits per heavy atom. The van der Waals surface area contributed by atoms with Gasteiger partial charge in [-0.15, -0.1) is 0 Å². The van der Waals surface area contributed by atoms with E-state index >= 15 is 0 Å². The van der Waals surface area contributed by atoms with Gasteiger partial charge in [0.15, 0.2) is 0 Å². The van der Waals surface area contributed by atoms with E-state index in [9.17, 15) is 0 Å². The minimum Gasteiger partial charge on any atom is -0.328 e. The van der Waals surface area contributed by atoms with Crippen LogP contribution in [-0.2, 0) is 13.1 Å². The number of fused-ring (bicyclic) bond motifs is 1. The van der Waals surface area contributed by atoms with E-state index in [1.165, 1.54) is 11.1 Å². The number of hydrogen-bond donors (Lipinski definition) is 1. The summed E-state index contributed by atoms with van der Waals surface area (Å²) in [5.41, 5.74) is 8.80. The van der Waals surface area contributed by atoms with Gasteiger partial charge in [-0.05, 0) is 31.4 Å². The van der Waals surface area contributed by atoms with Crippen LogP contribution < -0.4 is 5.73 Å². The molecule has 2 nitrogen and oxygen atoms in total. The number of hydrogen-bond acceptors (Lipinski definition) is 2. The van der Waals surface area contributed by atoms with Crippen LogP contribution in [0.2, 0.25) is 0 Å². The first kappa shape index (κ1) is 10.7. The molecule has 0 amide bonds. The first-order valence-electron chi connectivity index (χ1n) is 5.73. The summed E-state index contributed by atoms with van der Waals surface area (Å²) in [4.78, 5) is 2.51. The average Bonchev–Trinajstić information content (AvgIpc) is 2.59. The SMILES string of the molecule is CC(N)CC(C)N1Cc2ccccc2C1. The second-order valence-electron chi connectivity index (χ2n) is 4.74. The lowest BCUT2D eigenvalue weighted by Gasteiger charge is -2.25. The normalized spacial score (nSPS) is 19.9. The van der Waals surface area contributed by atoms with Gasteiger partial charge in [0, 0.05) is 25.2 Å². The quantitative estimate of drug-likeness (QED) is 0.817. The molecule has 2 N–H and O–H groups in total. The molecule has 0 spiro atoms. The van der Waals surface area contributed by atoms with Gasteiger partial charge in [0.1, 0.15) is 0 Å². The van der Waals surface area contributed by atoms with Crippen molar-refractivity contribution in [2.24, 2.45) is 5.73 Å². The van der Waals surface area contributed by atoms with Crippen LogP contribution in [0.3, 0.4) is 0 Å². The van der Waals surface area contributed by atoms with Gasteiger partial charge in [0.05, 0.1) is 0 Å². The van der Waals surface area contributed by atoms with Crippen LogP contribution in [0.4, 0.5) is 0 Å². The van der Waals surface area contributed by atoms with E-state index in [1.807, 2.05) is 0 Å². The Morgan fingerprint density at radius 1 is 1.20 bits per heavy atom. The molecule has 1 aromatic rings. The molecule has 2 atom stereocenters. The third kappa shape index (κ3) is 2.39. The molecule has 2 rings (SSSR count). The highest BCUT2D eigenvalue weighted by atomic mass is 15.2. The third-order valence-electron chi connectivity index (χ3n) is 3.20. The Kier molecular flexibility index (Phi) is 3.08. The van der Waals surface area contributed by atoms with Crippen molar-refractivity contribution in [2.45, 2.75) is 45.4 Å². The van der Waals surface area contributed by atoms with Gasteiger partial charge in [0.25, 0.3) is 0 Å². The zero-order valence-corrected chi connectivity index (χ0v) is 9.61. The first-order chi connectivity index (χ1) is 7.16. The first-order valence-corrected chi connectivity index (χ1v) is 5.73. The maximum absolute atomic E-state index is 5.84. The van der Waals surface area contributed by atoms with Crippen LogP contribution >= 0.6 is 0 Å². The predicted octanol–water partition coefficient (Wildman–Crippen LogP) is 2.13. The fourth-order valence-electron chi connectivity index (χ4n) is 2.36. The van der Waals surface area contributed by atoms with Crippen molar-refractivity contribution < 1.29 is 0 Å². The van der Waals surface area contributed by atoms with Crippen LogP contribution in [0.25, 0.3) is 0 Å². The predicted molar refractivity (Wildman–Crippen MR) is 63.4 cm³/mol. The van der Waals surface area contributed by atoms with Crippen molar-refractivity contribution in [1.82, 2.24) is 4.90 Å². The minimum atomic E-state index is 0.295. The molecule has 0 saturated heterocycles. The molecule has 0 bridgehead atoms. The highest BCUT2D eigenvalue weighted by molar-refractivity contribution is 5.30. The zero-order valence-electron chi connectivity index (χ0n) is 9.61. The lowest BCUT2D eigenvalue weighted by Crippen LogP contribution is -2.33. The fraction of sp³-hybridized carbons (Fsp3) is 0.538. The van der Waals surface area contributed by atoms with Crippen molar-refractivity contribution in [1.29, 1.82) is 0 Å². The summed E-state index contributed by atoms with van der Waals surface area (Å²) < 4.78 is 0.